The van der Waals surface area contributed by atoms with E-state index in [0.717, 1.165) is 167 Å². The molecular weight excluding hydrogens is 1350 g/mol. The molecule has 0 aliphatic carbocycles. The van der Waals surface area contributed by atoms with E-state index in [-0.39, 0.29) is 25.7 Å². The van der Waals surface area contributed by atoms with Crippen molar-refractivity contribution in [1.29, 1.82) is 0 Å². The highest BCUT2D eigenvalue weighted by atomic mass is 31.2. The van der Waals surface area contributed by atoms with Gasteiger partial charge in [0, 0.05) is 25.7 Å². The highest BCUT2D eigenvalue weighted by Gasteiger charge is 2.30. The first-order chi connectivity index (χ1) is 50.7. The molecule has 5 unspecified atom stereocenters. The molecule has 0 saturated carbocycles. The molecule has 0 heterocycles. The lowest BCUT2D eigenvalue weighted by Gasteiger charge is -2.21. The van der Waals surface area contributed by atoms with Crippen molar-refractivity contribution in [1.82, 2.24) is 0 Å². The number of rotatable bonds is 73. The molecule has 0 fully saturated rings. The Hall–Kier alpha value is -5.32. The number of hydrogen-bond donors (Lipinski definition) is 3. The van der Waals surface area contributed by atoms with Crippen LogP contribution in [0.2, 0.25) is 0 Å². The molecule has 0 aliphatic heterocycles. The Morgan fingerprint density at radius 3 is 0.856 bits per heavy atom. The number of phosphoric ester groups is 2. The zero-order valence-corrected chi connectivity index (χ0v) is 66.4. The minimum atomic E-state index is -5.01. The van der Waals surface area contributed by atoms with Crippen LogP contribution in [0.4, 0.5) is 0 Å². The zero-order chi connectivity index (χ0) is 76.0. The fourth-order valence-corrected chi connectivity index (χ4v) is 11.5. The second-order valence-corrected chi connectivity index (χ2v) is 28.8. The Bertz CT molecular complexity index is 2590. The van der Waals surface area contributed by atoms with Gasteiger partial charge >= 0.3 is 39.5 Å². The first-order valence-corrected chi connectivity index (χ1v) is 42.7. The van der Waals surface area contributed by atoms with Crippen LogP contribution in [0.1, 0.15) is 297 Å². The molecule has 592 valence electrons. The topological polar surface area (TPSA) is 237 Å². The van der Waals surface area contributed by atoms with E-state index in [1.54, 1.807) is 0 Å². The third-order valence-electron chi connectivity index (χ3n) is 16.0. The van der Waals surface area contributed by atoms with Crippen LogP contribution in [-0.2, 0) is 65.4 Å². The van der Waals surface area contributed by atoms with E-state index < -0.39 is 97.5 Å². The number of carbonyl (C=O) groups is 4. The third-order valence-corrected chi connectivity index (χ3v) is 17.9. The molecule has 0 aliphatic rings. The molecule has 0 amide bonds. The van der Waals surface area contributed by atoms with Gasteiger partial charge in [0.05, 0.1) is 26.4 Å². The molecule has 0 bridgehead atoms. The van der Waals surface area contributed by atoms with Gasteiger partial charge in [0.25, 0.3) is 0 Å². The zero-order valence-electron chi connectivity index (χ0n) is 64.6. The molecule has 5 atom stereocenters. The van der Waals surface area contributed by atoms with Gasteiger partial charge in [0.15, 0.2) is 12.2 Å². The van der Waals surface area contributed by atoms with Gasteiger partial charge in [-0.1, -0.05) is 269 Å². The maximum Gasteiger partial charge on any atom is 0.472 e. The summed E-state index contributed by atoms with van der Waals surface area (Å²) in [5.74, 6) is -2.33. The summed E-state index contributed by atoms with van der Waals surface area (Å²) < 4.78 is 68.5. The summed E-state index contributed by atoms with van der Waals surface area (Å²) in [6.07, 6.45) is 88.1. The minimum Gasteiger partial charge on any atom is -0.462 e. The summed E-state index contributed by atoms with van der Waals surface area (Å²) >= 11 is 0. The Labute approximate surface area is 629 Å². The van der Waals surface area contributed by atoms with Gasteiger partial charge in [0.1, 0.15) is 19.3 Å². The van der Waals surface area contributed by atoms with Gasteiger partial charge < -0.3 is 33.8 Å². The number of carbonyl (C=O) groups excluding carboxylic acids is 4. The second kappa shape index (κ2) is 75.9. The lowest BCUT2D eigenvalue weighted by atomic mass is 10.1. The van der Waals surface area contributed by atoms with Gasteiger partial charge in [-0.05, 0) is 161 Å². The third kappa shape index (κ3) is 74.9. The van der Waals surface area contributed by atoms with E-state index >= 15 is 0 Å². The van der Waals surface area contributed by atoms with E-state index in [0.29, 0.717) is 32.1 Å². The summed E-state index contributed by atoms with van der Waals surface area (Å²) in [6.45, 7) is 4.46. The van der Waals surface area contributed by atoms with E-state index in [4.69, 9.17) is 37.0 Å². The van der Waals surface area contributed by atoms with Crippen molar-refractivity contribution < 1.29 is 80.2 Å². The van der Waals surface area contributed by atoms with Crippen molar-refractivity contribution in [2.45, 2.75) is 316 Å². The Kier molecular flexibility index (Phi) is 72.0. The molecule has 0 aromatic heterocycles. The van der Waals surface area contributed by atoms with Gasteiger partial charge in [0.2, 0.25) is 0 Å². The van der Waals surface area contributed by atoms with Crippen LogP contribution in [0, 0.1) is 0 Å². The predicted molar refractivity (Wildman–Crippen MR) is 427 cm³/mol. The normalized spacial score (nSPS) is 14.7. The van der Waals surface area contributed by atoms with Gasteiger partial charge in [-0.3, -0.25) is 37.3 Å². The van der Waals surface area contributed by atoms with Crippen LogP contribution in [0.3, 0.4) is 0 Å². The summed E-state index contributed by atoms with van der Waals surface area (Å²) in [6, 6.07) is 0. The molecule has 19 heteroatoms. The molecule has 17 nitrogen and oxygen atoms in total. The first kappa shape index (κ1) is 98.7. The SMILES string of the molecule is CC/C=C\C/C=C\C/C=C\C/C=C\C/C=C\C/C=C\CCC(=O)OCC(COP(=O)(O)OCC(O)COP(=O)(O)OCC(COC(=O)CCCCCCC/C=C\C/C=C\CCCCC)OC(=O)CCCCCCC/C=C\CCCCCC)OC(=O)CCCCCC/C=C\C/C=C\C/C=C\C/C=C\CC. The largest absolute Gasteiger partial charge is 0.472 e. The fourth-order valence-electron chi connectivity index (χ4n) is 9.97. The van der Waals surface area contributed by atoms with E-state index in [2.05, 4.69) is 167 Å². The Balaban J connectivity index is 5.48. The van der Waals surface area contributed by atoms with Crippen molar-refractivity contribution in [2.75, 3.05) is 39.6 Å². The summed E-state index contributed by atoms with van der Waals surface area (Å²) in [5, 5.41) is 10.6. The van der Waals surface area contributed by atoms with Crippen LogP contribution in [0.5, 0.6) is 0 Å². The number of hydrogen-bond acceptors (Lipinski definition) is 15. The van der Waals surface area contributed by atoms with Crippen molar-refractivity contribution in [2.24, 2.45) is 0 Å². The summed E-state index contributed by atoms with van der Waals surface area (Å²) in [7, 11) is -10.0. The number of phosphoric acid groups is 2. The lowest BCUT2D eigenvalue weighted by Crippen LogP contribution is -2.30. The number of allylic oxidation sites excluding steroid dienone is 26. The monoisotopic (exact) mass is 1490 g/mol. The van der Waals surface area contributed by atoms with Crippen molar-refractivity contribution in [3.8, 4) is 0 Å². The summed E-state index contributed by atoms with van der Waals surface area (Å²) in [5.41, 5.74) is 0. The van der Waals surface area contributed by atoms with E-state index in [1.165, 1.54) is 44.9 Å². The van der Waals surface area contributed by atoms with Gasteiger partial charge in [-0.2, -0.15) is 0 Å². The Morgan fingerprint density at radius 2 is 0.519 bits per heavy atom. The minimum absolute atomic E-state index is 0.0248. The summed E-state index contributed by atoms with van der Waals surface area (Å²) in [4.78, 5) is 73.0. The highest BCUT2D eigenvalue weighted by molar-refractivity contribution is 7.47. The van der Waals surface area contributed by atoms with Crippen LogP contribution in [0.15, 0.2) is 158 Å². The molecule has 104 heavy (non-hydrogen) atoms. The first-order valence-electron chi connectivity index (χ1n) is 39.7. The fraction of sp³-hybridized carbons (Fsp3) is 0.647. The smallest absolute Gasteiger partial charge is 0.462 e. The van der Waals surface area contributed by atoms with Crippen molar-refractivity contribution in [3.63, 3.8) is 0 Å². The standard InChI is InChI=1S/C85H140O17P2/c1-5-9-13-17-21-25-29-33-36-38-39-41-43-47-50-54-58-62-66-70-83(88)96-76-81(102-85(90)72-68-64-60-56-52-48-44-40-37-34-30-26-22-18-14-10-6-2)78-100-104(93,94)98-74-79(86)73-97-103(91,92)99-77-80(101-84(89)71-67-63-59-55-51-45-32-28-24-20-16-12-8-4)75-95-82(87)69-65-61-57-53-49-46-42-35-31-27-23-19-15-11-7-3/h9-10,13-14,21-23,25-28,32-37,39,41-42,44,47-48,50,58,62,79-81,86H,5-8,11-12,15-20,24,29-31,38,40,43,45-46,49,51-57,59-61,63-78H2,1-4H3,(H,91,92)(H,93,94)/b13-9-,14-10-,25-21-,26-22-,27-23-,32-28-,36-33-,37-34-,41-39-,42-35-,48-44-,50-47-,62-58-. The van der Waals surface area contributed by atoms with Crippen LogP contribution in [0.25, 0.3) is 0 Å². The van der Waals surface area contributed by atoms with E-state index in [1.807, 2.05) is 18.2 Å². The molecule has 0 aromatic carbocycles. The highest BCUT2D eigenvalue weighted by Crippen LogP contribution is 2.45. The van der Waals surface area contributed by atoms with E-state index in [9.17, 15) is 43.2 Å². The molecule has 3 N–H and O–H groups in total. The number of aliphatic hydroxyl groups is 1. The maximum absolute atomic E-state index is 13.1. The van der Waals surface area contributed by atoms with Crippen molar-refractivity contribution >= 4 is 39.5 Å². The molecule has 0 spiro atoms. The molecular formula is C85H140O17P2. The predicted octanol–water partition coefficient (Wildman–Crippen LogP) is 23.2. The number of aliphatic hydroxyl groups excluding tert-OH is 1. The van der Waals surface area contributed by atoms with Crippen molar-refractivity contribution in [3.05, 3.63) is 158 Å². The van der Waals surface area contributed by atoms with Crippen LogP contribution in [-0.4, -0.2) is 96.7 Å². The molecule has 0 aromatic rings. The second-order valence-electron chi connectivity index (χ2n) is 25.9. The average Bonchev–Trinajstić information content (AvgIpc) is 0.911. The van der Waals surface area contributed by atoms with Gasteiger partial charge in [-0.25, -0.2) is 9.13 Å². The molecule has 0 rings (SSSR count). The quantitative estimate of drug-likeness (QED) is 0.0169. The van der Waals surface area contributed by atoms with Crippen LogP contribution < -0.4 is 0 Å². The molecule has 0 saturated heterocycles. The Morgan fingerprint density at radius 1 is 0.279 bits per heavy atom. The number of unbranched alkanes of at least 4 members (excludes halogenated alkanes) is 21. The van der Waals surface area contributed by atoms with Gasteiger partial charge in [-0.15, -0.1) is 0 Å². The number of esters is 4. The average molecular weight is 1500 g/mol. The molecule has 0 radical (unpaired) electrons. The number of ether oxygens (including phenoxy) is 4. The lowest BCUT2D eigenvalue weighted by molar-refractivity contribution is -0.161. The maximum atomic E-state index is 13.1. The van der Waals surface area contributed by atoms with Crippen LogP contribution >= 0.6 is 15.6 Å².